The zero-order valence-electron chi connectivity index (χ0n) is 32.8. The zero-order valence-corrected chi connectivity index (χ0v) is 32.8. The van der Waals surface area contributed by atoms with Gasteiger partial charge in [-0.15, -0.1) is 0 Å². The van der Waals surface area contributed by atoms with E-state index in [1.54, 1.807) is 0 Å². The maximum Gasteiger partial charge on any atom is 0.102 e. The van der Waals surface area contributed by atoms with E-state index in [2.05, 4.69) is 187 Å². The highest BCUT2D eigenvalue weighted by molar-refractivity contribution is 6.12. The first-order valence-electron chi connectivity index (χ1n) is 18.9. The van der Waals surface area contributed by atoms with Gasteiger partial charge in [0.2, 0.25) is 0 Å². The second kappa shape index (κ2) is 13.6. The normalized spacial score (nSPS) is 11.2. The summed E-state index contributed by atoms with van der Waals surface area (Å²) in [5.74, 6) is 0. The molecule has 0 aliphatic rings. The average molecular weight is 710 g/mol. The summed E-state index contributed by atoms with van der Waals surface area (Å²) in [4.78, 5) is 0. The molecule has 1 aromatic heterocycles. The average Bonchev–Trinajstić information content (AvgIpc) is 3.47. The molecule has 0 N–H and O–H groups in total. The van der Waals surface area contributed by atoms with Crippen LogP contribution in [0.4, 0.5) is 0 Å². The highest BCUT2D eigenvalue weighted by atomic mass is 15.0. The van der Waals surface area contributed by atoms with Gasteiger partial charge < -0.3 is 4.57 Å². The quantitative estimate of drug-likeness (QED) is 0.179. The highest BCUT2D eigenvalue weighted by Crippen LogP contribution is 2.46. The molecule has 1 heterocycles. The molecule has 3 nitrogen and oxygen atoms in total. The number of fused-ring (bicyclic) bond motifs is 3. The van der Waals surface area contributed by atoms with E-state index in [-0.39, 0.29) is 0 Å². The van der Waals surface area contributed by atoms with Gasteiger partial charge in [-0.1, -0.05) is 84.9 Å². The Balaban J connectivity index is 1.58. The lowest BCUT2D eigenvalue weighted by Gasteiger charge is -2.22. The van der Waals surface area contributed by atoms with Gasteiger partial charge in [-0.25, -0.2) is 0 Å². The lowest BCUT2D eigenvalue weighted by atomic mass is 9.84. The van der Waals surface area contributed by atoms with Crippen LogP contribution in [-0.4, -0.2) is 4.57 Å². The Morgan fingerprint density at radius 1 is 0.382 bits per heavy atom. The van der Waals surface area contributed by atoms with Crippen LogP contribution in [0.3, 0.4) is 0 Å². The molecule has 0 radical (unpaired) electrons. The topological polar surface area (TPSA) is 52.5 Å². The van der Waals surface area contributed by atoms with Crippen LogP contribution in [0.25, 0.3) is 72.0 Å². The third-order valence-electron chi connectivity index (χ3n) is 11.6. The molecule has 0 fully saturated rings. The number of aryl methyl sites for hydroxylation is 8. The van der Waals surface area contributed by atoms with Crippen LogP contribution in [0.1, 0.15) is 55.6 Å². The number of aromatic nitrogens is 1. The molecule has 3 heteroatoms. The van der Waals surface area contributed by atoms with E-state index in [4.69, 9.17) is 0 Å². The van der Waals surface area contributed by atoms with Crippen molar-refractivity contribution >= 4 is 21.8 Å². The van der Waals surface area contributed by atoms with E-state index in [9.17, 15) is 10.5 Å². The number of rotatable bonds is 5. The molecule has 0 saturated carbocycles. The zero-order chi connectivity index (χ0) is 38.7. The van der Waals surface area contributed by atoms with Crippen LogP contribution in [-0.2, 0) is 0 Å². The van der Waals surface area contributed by atoms with E-state index in [1.807, 2.05) is 0 Å². The molecule has 55 heavy (non-hydrogen) atoms. The van der Waals surface area contributed by atoms with Gasteiger partial charge in [-0.2, -0.15) is 10.5 Å². The predicted molar refractivity (Wildman–Crippen MR) is 230 cm³/mol. The van der Waals surface area contributed by atoms with E-state index >= 15 is 0 Å². The smallest absolute Gasteiger partial charge is 0.102 e. The summed E-state index contributed by atoms with van der Waals surface area (Å²) in [6, 6.07) is 46.2. The molecule has 8 rings (SSSR count). The monoisotopic (exact) mass is 709 g/mol. The van der Waals surface area contributed by atoms with Crippen molar-refractivity contribution in [1.82, 2.24) is 4.57 Å². The first kappa shape index (κ1) is 35.4. The lowest BCUT2D eigenvalue weighted by Crippen LogP contribution is -2.07. The summed E-state index contributed by atoms with van der Waals surface area (Å²) in [6.45, 7) is 17.1. The Morgan fingerprint density at radius 2 is 0.691 bits per heavy atom. The first-order chi connectivity index (χ1) is 26.5. The molecule has 0 unspecified atom stereocenters. The van der Waals surface area contributed by atoms with Crippen molar-refractivity contribution < 1.29 is 0 Å². The molecule has 0 aliphatic heterocycles. The van der Waals surface area contributed by atoms with Crippen molar-refractivity contribution in [3.8, 4) is 62.3 Å². The fourth-order valence-electron chi connectivity index (χ4n) is 9.11. The fourth-order valence-corrected chi connectivity index (χ4v) is 9.11. The van der Waals surface area contributed by atoms with Crippen LogP contribution >= 0.6 is 0 Å². The van der Waals surface area contributed by atoms with E-state index in [1.165, 1.54) is 33.4 Å². The Bertz CT molecular complexity index is 2700. The highest BCUT2D eigenvalue weighted by Gasteiger charge is 2.27. The number of hydrogen-bond acceptors (Lipinski definition) is 2. The van der Waals surface area contributed by atoms with Crippen LogP contribution in [0.15, 0.2) is 115 Å². The Morgan fingerprint density at radius 3 is 1.00 bits per heavy atom. The van der Waals surface area contributed by atoms with Gasteiger partial charge in [0.05, 0.1) is 27.8 Å². The molecule has 0 saturated heterocycles. The molecule has 0 atom stereocenters. The van der Waals surface area contributed by atoms with Gasteiger partial charge in [0.15, 0.2) is 0 Å². The third-order valence-corrected chi connectivity index (χ3v) is 11.6. The molecular formula is C52H43N3. The van der Waals surface area contributed by atoms with Gasteiger partial charge in [0.1, 0.15) is 12.1 Å². The second-order valence-electron chi connectivity index (χ2n) is 15.2. The molecule has 0 bridgehead atoms. The Kier molecular flexibility index (Phi) is 8.76. The summed E-state index contributed by atoms with van der Waals surface area (Å²) in [7, 11) is 0. The molecular weight excluding hydrogens is 667 g/mol. The molecule has 8 aromatic rings. The van der Waals surface area contributed by atoms with Crippen LogP contribution in [0.2, 0.25) is 0 Å². The van der Waals surface area contributed by atoms with Crippen molar-refractivity contribution in [3.05, 3.63) is 171 Å². The maximum atomic E-state index is 11.3. The van der Waals surface area contributed by atoms with Crippen molar-refractivity contribution in [2.45, 2.75) is 55.4 Å². The summed E-state index contributed by atoms with van der Waals surface area (Å²) >= 11 is 0. The standard InChI is InChI=1S/C52H43N3/c1-30-13-9-14-31(2)48(30)38-21-23-46-40(25-38)41-26-39(49-32(3)15-10-16-33(49)4)22-24-47(41)55(46)52-44(28-53)42(50-34(5)17-11-18-35(50)6)27-43(45(52)29-54)51-36(7)19-12-20-37(51)8/h9-27H,1-8H3. The van der Waals surface area contributed by atoms with Crippen molar-refractivity contribution in [2.75, 3.05) is 0 Å². The molecule has 7 aromatic carbocycles. The fraction of sp³-hybridized carbons (Fsp3) is 0.154. The SMILES string of the molecule is Cc1cccc(C)c1-c1ccc2c(c1)c1cc(-c3c(C)cccc3C)ccc1n2-c1c(C#N)c(-c2c(C)cccc2C)cc(-c2c(C)cccc2C)c1C#N. The minimum Gasteiger partial charge on any atom is -0.307 e. The van der Waals surface area contributed by atoms with E-state index in [0.29, 0.717) is 16.8 Å². The number of hydrogen-bond donors (Lipinski definition) is 0. The maximum absolute atomic E-state index is 11.3. The number of nitrogens with zero attached hydrogens (tertiary/aromatic N) is 3. The number of nitriles is 2. The van der Waals surface area contributed by atoms with Crippen LogP contribution in [0.5, 0.6) is 0 Å². The summed E-state index contributed by atoms with van der Waals surface area (Å²) in [5.41, 5.74) is 21.1. The molecule has 266 valence electrons. The summed E-state index contributed by atoms with van der Waals surface area (Å²) in [6.07, 6.45) is 0. The van der Waals surface area contributed by atoms with Crippen molar-refractivity contribution in [1.29, 1.82) is 10.5 Å². The predicted octanol–water partition coefficient (Wildman–Crippen LogP) is 13.7. The van der Waals surface area contributed by atoms with Gasteiger partial charge in [0, 0.05) is 21.9 Å². The largest absolute Gasteiger partial charge is 0.307 e. The van der Waals surface area contributed by atoms with Gasteiger partial charge in [0.25, 0.3) is 0 Å². The second-order valence-corrected chi connectivity index (χ2v) is 15.2. The minimum atomic E-state index is 0.486. The lowest BCUT2D eigenvalue weighted by molar-refractivity contribution is 1.15. The Hall–Kier alpha value is -6.68. The van der Waals surface area contributed by atoms with Gasteiger partial charge >= 0.3 is 0 Å². The summed E-state index contributed by atoms with van der Waals surface area (Å²) in [5, 5.41) is 24.8. The molecule has 0 amide bonds. The van der Waals surface area contributed by atoms with Crippen LogP contribution < -0.4 is 0 Å². The number of benzene rings is 7. The molecule has 0 aliphatic carbocycles. The minimum absolute atomic E-state index is 0.486. The van der Waals surface area contributed by atoms with Crippen LogP contribution in [0, 0.1) is 78.1 Å². The molecule has 0 spiro atoms. The Labute approximate surface area is 324 Å². The van der Waals surface area contributed by atoms with Gasteiger partial charge in [-0.05, 0) is 164 Å². The summed E-state index contributed by atoms with van der Waals surface area (Å²) < 4.78 is 2.19. The van der Waals surface area contributed by atoms with E-state index in [0.717, 1.165) is 77.4 Å². The first-order valence-corrected chi connectivity index (χ1v) is 18.9. The van der Waals surface area contributed by atoms with Crippen molar-refractivity contribution in [2.24, 2.45) is 0 Å². The van der Waals surface area contributed by atoms with Crippen molar-refractivity contribution in [3.63, 3.8) is 0 Å². The van der Waals surface area contributed by atoms with Gasteiger partial charge in [-0.3, -0.25) is 0 Å². The van der Waals surface area contributed by atoms with E-state index < -0.39 is 0 Å². The third kappa shape index (κ3) is 5.64.